The average Bonchev–Trinajstić information content (AvgIpc) is 3.06. The Morgan fingerprint density at radius 3 is 2.75 bits per heavy atom. The second kappa shape index (κ2) is 6.48. The molecule has 4 fully saturated rings. The van der Waals surface area contributed by atoms with Gasteiger partial charge in [0.05, 0.1) is 5.02 Å². The monoisotopic (exact) mass is 401 g/mol. The molecule has 4 atom stereocenters. The van der Waals surface area contributed by atoms with E-state index in [1.165, 1.54) is 0 Å². The smallest absolute Gasteiger partial charge is 0.223 e. The summed E-state index contributed by atoms with van der Waals surface area (Å²) in [7, 11) is 0. The molecule has 2 aliphatic heterocycles. The number of benzene rings is 1. The third kappa shape index (κ3) is 2.71. The number of nitrogens with two attached hydrogens (primary N) is 1. The van der Waals surface area contributed by atoms with Crippen molar-refractivity contribution in [3.63, 3.8) is 0 Å². The molecule has 28 heavy (non-hydrogen) atoms. The fourth-order valence-corrected chi connectivity index (χ4v) is 6.77. The highest BCUT2D eigenvalue weighted by Gasteiger charge is 2.57. The van der Waals surface area contributed by atoms with Gasteiger partial charge in [-0.05, 0) is 61.6 Å². The number of carbonyl (C=O) groups is 1. The molecule has 1 aromatic heterocycles. The fourth-order valence-electron chi connectivity index (χ4n) is 6.49. The number of carbonyl (C=O) groups excluding carboxylic acids is 1. The van der Waals surface area contributed by atoms with Crippen molar-refractivity contribution in [2.75, 3.05) is 0 Å². The Morgan fingerprint density at radius 1 is 1.36 bits per heavy atom. The lowest BCUT2D eigenvalue weighted by Gasteiger charge is -2.62. The van der Waals surface area contributed by atoms with Crippen LogP contribution in [0.4, 0.5) is 0 Å². The van der Waals surface area contributed by atoms with E-state index in [2.05, 4.69) is 16.8 Å². The number of halogens is 1. The number of nitrogens with one attached hydrogen (secondary N) is 1. The fraction of sp³-hybridized carbons (Fsp3) is 0.591. The van der Waals surface area contributed by atoms with Crippen molar-refractivity contribution in [2.45, 2.75) is 69.7 Å². The summed E-state index contributed by atoms with van der Waals surface area (Å²) in [6, 6.07) is 6.31. The summed E-state index contributed by atoms with van der Waals surface area (Å²) in [5, 5.41) is 11.9. The van der Waals surface area contributed by atoms with Crippen LogP contribution in [0.2, 0.25) is 5.02 Å². The van der Waals surface area contributed by atoms with Crippen LogP contribution in [-0.2, 0) is 4.79 Å². The number of aliphatic hydroxyl groups is 1. The first kappa shape index (κ1) is 18.5. The number of H-pyrrole nitrogens is 1. The zero-order valence-electron chi connectivity index (χ0n) is 16.2. The molecule has 0 spiro atoms. The maximum atomic E-state index is 13.3. The molecule has 2 aliphatic carbocycles. The first-order chi connectivity index (χ1) is 13.4. The van der Waals surface area contributed by atoms with Gasteiger partial charge in [0, 0.05) is 41.0 Å². The zero-order chi connectivity index (χ0) is 19.6. The summed E-state index contributed by atoms with van der Waals surface area (Å²) in [4.78, 5) is 18.7. The molecular weight excluding hydrogens is 374 g/mol. The summed E-state index contributed by atoms with van der Waals surface area (Å²) in [6.07, 6.45) is 6.52. The summed E-state index contributed by atoms with van der Waals surface area (Å²) in [5.41, 5.74) is 7.90. The van der Waals surface area contributed by atoms with Crippen LogP contribution in [0.1, 0.15) is 56.9 Å². The van der Waals surface area contributed by atoms with Crippen LogP contribution in [-0.4, -0.2) is 39.2 Å². The normalized spacial score (nSPS) is 33.4. The Balaban J connectivity index is 1.36. The number of amides is 1. The Labute approximate surface area is 170 Å². The van der Waals surface area contributed by atoms with Gasteiger partial charge in [0.1, 0.15) is 6.23 Å². The first-order valence-corrected chi connectivity index (χ1v) is 10.8. The Hall–Kier alpha value is -1.56. The lowest BCUT2D eigenvalue weighted by molar-refractivity contribution is -0.172. The van der Waals surface area contributed by atoms with Gasteiger partial charge in [0.2, 0.25) is 5.91 Å². The molecule has 4 N–H and O–H groups in total. The number of aromatic amines is 1. The van der Waals surface area contributed by atoms with E-state index >= 15 is 0 Å². The van der Waals surface area contributed by atoms with E-state index in [-0.39, 0.29) is 29.3 Å². The van der Waals surface area contributed by atoms with Crippen LogP contribution in [0.25, 0.3) is 10.9 Å². The molecule has 1 aromatic carbocycles. The van der Waals surface area contributed by atoms with E-state index in [1.54, 1.807) is 0 Å². The minimum atomic E-state index is -0.773. The second-order valence-corrected chi connectivity index (χ2v) is 9.78. The number of fused-ring (bicyclic) bond motifs is 1. The van der Waals surface area contributed by atoms with Crippen molar-refractivity contribution in [2.24, 2.45) is 17.1 Å². The molecule has 1 amide bonds. The molecule has 150 valence electrons. The highest BCUT2D eigenvalue weighted by Crippen LogP contribution is 2.57. The lowest BCUT2D eigenvalue weighted by atomic mass is 9.54. The molecule has 2 saturated carbocycles. The maximum Gasteiger partial charge on any atom is 0.223 e. The minimum Gasteiger partial charge on any atom is -0.378 e. The van der Waals surface area contributed by atoms with Gasteiger partial charge in [-0.1, -0.05) is 24.6 Å². The third-order valence-corrected chi connectivity index (χ3v) is 7.90. The lowest BCUT2D eigenvalue weighted by Crippen LogP contribution is -2.66. The quantitative estimate of drug-likeness (QED) is 0.682. The number of rotatable bonds is 4. The van der Waals surface area contributed by atoms with Gasteiger partial charge < -0.3 is 20.7 Å². The number of piperidine rings is 2. The Kier molecular flexibility index (Phi) is 4.27. The molecule has 4 aliphatic rings. The van der Waals surface area contributed by atoms with Gasteiger partial charge in [-0.15, -0.1) is 0 Å². The van der Waals surface area contributed by atoms with Crippen LogP contribution in [0.3, 0.4) is 0 Å². The van der Waals surface area contributed by atoms with Crippen LogP contribution in [0.15, 0.2) is 24.4 Å². The molecule has 6 rings (SSSR count). The van der Waals surface area contributed by atoms with Crippen molar-refractivity contribution >= 4 is 28.4 Å². The molecule has 0 radical (unpaired) electrons. The average molecular weight is 402 g/mol. The van der Waals surface area contributed by atoms with Gasteiger partial charge in [-0.3, -0.25) is 4.79 Å². The summed E-state index contributed by atoms with van der Waals surface area (Å²) in [6.45, 7) is 2.10. The molecule has 4 bridgehead atoms. The molecule has 3 heterocycles. The van der Waals surface area contributed by atoms with E-state index in [4.69, 9.17) is 17.3 Å². The molecule has 5 nitrogen and oxygen atoms in total. The highest BCUT2D eigenvalue weighted by molar-refractivity contribution is 6.35. The first-order valence-electron chi connectivity index (χ1n) is 10.4. The second-order valence-electron chi connectivity index (χ2n) is 9.38. The topological polar surface area (TPSA) is 82.3 Å². The van der Waals surface area contributed by atoms with Crippen LogP contribution < -0.4 is 5.73 Å². The van der Waals surface area contributed by atoms with E-state index in [9.17, 15) is 9.90 Å². The number of aromatic nitrogens is 1. The van der Waals surface area contributed by atoms with Crippen molar-refractivity contribution in [1.29, 1.82) is 0 Å². The zero-order valence-corrected chi connectivity index (χ0v) is 17.0. The number of nitrogens with zero attached hydrogens (tertiary/aromatic N) is 1. The molecular formula is C22H28ClN3O2. The van der Waals surface area contributed by atoms with Crippen LogP contribution in [0, 0.1) is 11.3 Å². The highest BCUT2D eigenvalue weighted by atomic mass is 35.5. The standard InChI is InChI=1S/C22H28ClN3O2/c1-12(16-11-25-18-4-2-3-17(23)20(16)18)5-19(27)26-14-6-13-7-15(26)10-22(8-13,9-14)21(24)28/h2-4,11-15,21,25,28H,5-10,24H2,1H3. The van der Waals surface area contributed by atoms with Crippen LogP contribution >= 0.6 is 11.6 Å². The van der Waals surface area contributed by atoms with Gasteiger partial charge in [0.25, 0.3) is 0 Å². The molecule has 6 heteroatoms. The SMILES string of the molecule is CC(CC(=O)N1C2CC3CC1CC(C(N)O)(C3)C2)c1c[nH]c2cccc(Cl)c12. The van der Waals surface area contributed by atoms with E-state index in [0.717, 1.165) is 53.6 Å². The Morgan fingerprint density at radius 2 is 2.07 bits per heavy atom. The van der Waals surface area contributed by atoms with Crippen molar-refractivity contribution in [3.8, 4) is 0 Å². The van der Waals surface area contributed by atoms with Crippen molar-refractivity contribution < 1.29 is 9.90 Å². The predicted octanol–water partition coefficient (Wildman–Crippen LogP) is 3.75. The number of hydrogen-bond acceptors (Lipinski definition) is 3. The third-order valence-electron chi connectivity index (χ3n) is 7.59. The van der Waals surface area contributed by atoms with Gasteiger partial charge in [-0.25, -0.2) is 0 Å². The largest absolute Gasteiger partial charge is 0.378 e. The van der Waals surface area contributed by atoms with E-state index in [1.807, 2.05) is 24.4 Å². The molecule has 4 unspecified atom stereocenters. The van der Waals surface area contributed by atoms with Gasteiger partial charge >= 0.3 is 0 Å². The van der Waals surface area contributed by atoms with E-state index < -0.39 is 6.23 Å². The number of aliphatic hydroxyl groups excluding tert-OH is 1. The summed E-state index contributed by atoms with van der Waals surface area (Å²) in [5.74, 6) is 0.918. The minimum absolute atomic E-state index is 0.0902. The predicted molar refractivity (Wildman–Crippen MR) is 110 cm³/mol. The van der Waals surface area contributed by atoms with Crippen LogP contribution in [0.5, 0.6) is 0 Å². The molecule has 2 aromatic rings. The number of hydrogen-bond donors (Lipinski definition) is 3. The van der Waals surface area contributed by atoms with Gasteiger partial charge in [-0.2, -0.15) is 0 Å². The van der Waals surface area contributed by atoms with Crippen molar-refractivity contribution in [3.05, 3.63) is 35.0 Å². The summed E-state index contributed by atoms with van der Waals surface area (Å²) < 4.78 is 0. The van der Waals surface area contributed by atoms with Crippen molar-refractivity contribution in [1.82, 2.24) is 9.88 Å². The summed E-state index contributed by atoms with van der Waals surface area (Å²) >= 11 is 6.43. The Bertz CT molecular complexity index is 908. The van der Waals surface area contributed by atoms with Gasteiger partial charge in [0.15, 0.2) is 0 Å². The molecule has 2 saturated heterocycles. The maximum absolute atomic E-state index is 13.3. The van der Waals surface area contributed by atoms with E-state index in [0.29, 0.717) is 12.3 Å².